The molecule has 23 heavy (non-hydrogen) atoms. The molecule has 0 bridgehead atoms. The van der Waals surface area contributed by atoms with E-state index in [-0.39, 0.29) is 0 Å². The van der Waals surface area contributed by atoms with Crippen LogP contribution in [0, 0.1) is 0 Å². The molecule has 0 amide bonds. The van der Waals surface area contributed by atoms with Gasteiger partial charge in [0.1, 0.15) is 0 Å². The maximum absolute atomic E-state index is 5.73. The first-order chi connectivity index (χ1) is 11.2. The Balaban J connectivity index is 1.64. The van der Waals surface area contributed by atoms with Gasteiger partial charge >= 0.3 is 0 Å². The molecule has 116 valence electrons. The lowest BCUT2D eigenvalue weighted by molar-refractivity contribution is 0.884. The molecule has 3 aromatic rings. The van der Waals surface area contributed by atoms with E-state index in [2.05, 4.69) is 72.9 Å². The van der Waals surface area contributed by atoms with E-state index < -0.39 is 0 Å². The first-order valence-electron chi connectivity index (χ1n) is 7.95. The van der Waals surface area contributed by atoms with Gasteiger partial charge in [0, 0.05) is 17.4 Å². The number of hydrogen-bond acceptors (Lipinski definition) is 2. The highest BCUT2D eigenvalue weighted by molar-refractivity contribution is 5.48. The summed E-state index contributed by atoms with van der Waals surface area (Å²) < 4.78 is 0. The number of anilines is 2. The van der Waals surface area contributed by atoms with Crippen molar-refractivity contribution in [3.63, 3.8) is 0 Å². The summed E-state index contributed by atoms with van der Waals surface area (Å²) in [4.78, 5) is 0. The number of hydrogen-bond donors (Lipinski definition) is 2. The fourth-order valence-electron chi connectivity index (χ4n) is 2.67. The second-order valence-corrected chi connectivity index (χ2v) is 5.89. The van der Waals surface area contributed by atoms with Gasteiger partial charge in [0.2, 0.25) is 0 Å². The largest absolute Gasteiger partial charge is 0.399 e. The Morgan fingerprint density at radius 1 is 0.783 bits per heavy atom. The topological polar surface area (TPSA) is 38.0 Å². The molecule has 0 aliphatic carbocycles. The normalized spacial score (nSPS) is 11.9. The van der Waals surface area contributed by atoms with E-state index in [0.29, 0.717) is 6.04 Å². The van der Waals surface area contributed by atoms with Crippen LogP contribution >= 0.6 is 0 Å². The van der Waals surface area contributed by atoms with Gasteiger partial charge in [-0.3, -0.25) is 0 Å². The Hall–Kier alpha value is -2.74. The summed E-state index contributed by atoms with van der Waals surface area (Å²) >= 11 is 0. The molecule has 0 spiro atoms. The van der Waals surface area contributed by atoms with Gasteiger partial charge in [-0.05, 0) is 54.3 Å². The summed E-state index contributed by atoms with van der Waals surface area (Å²) in [7, 11) is 0. The zero-order valence-corrected chi connectivity index (χ0v) is 13.4. The van der Waals surface area contributed by atoms with Gasteiger partial charge in [0.15, 0.2) is 0 Å². The van der Waals surface area contributed by atoms with Crippen LogP contribution in [0.15, 0.2) is 78.9 Å². The van der Waals surface area contributed by atoms with Crippen LogP contribution in [-0.4, -0.2) is 0 Å². The Morgan fingerprint density at radius 3 is 1.96 bits per heavy atom. The molecule has 0 saturated carbocycles. The van der Waals surface area contributed by atoms with Crippen molar-refractivity contribution in [1.82, 2.24) is 0 Å². The second-order valence-electron chi connectivity index (χ2n) is 5.89. The third-order valence-corrected chi connectivity index (χ3v) is 4.02. The Bertz CT molecular complexity index is 731. The van der Waals surface area contributed by atoms with Crippen molar-refractivity contribution >= 4 is 11.4 Å². The molecular weight excluding hydrogens is 280 g/mol. The van der Waals surface area contributed by atoms with E-state index in [1.54, 1.807) is 0 Å². The Morgan fingerprint density at radius 2 is 1.35 bits per heavy atom. The molecule has 3 rings (SSSR count). The lowest BCUT2D eigenvalue weighted by atomic mass is 10.0. The first kappa shape index (κ1) is 15.2. The maximum atomic E-state index is 5.73. The van der Waals surface area contributed by atoms with Gasteiger partial charge in [-0.2, -0.15) is 0 Å². The molecule has 2 nitrogen and oxygen atoms in total. The zero-order chi connectivity index (χ0) is 16.1. The summed E-state index contributed by atoms with van der Waals surface area (Å²) in [5.74, 6) is 0. The number of nitrogens with one attached hydrogen (secondary N) is 1. The fourth-order valence-corrected chi connectivity index (χ4v) is 2.67. The van der Waals surface area contributed by atoms with Gasteiger partial charge in [-0.15, -0.1) is 0 Å². The van der Waals surface area contributed by atoms with E-state index >= 15 is 0 Å². The third kappa shape index (κ3) is 4.13. The van der Waals surface area contributed by atoms with Crippen molar-refractivity contribution in [2.75, 3.05) is 11.1 Å². The summed E-state index contributed by atoms with van der Waals surface area (Å²) in [6.45, 7) is 2.18. The number of nitrogen functional groups attached to an aromatic ring is 1. The zero-order valence-electron chi connectivity index (χ0n) is 13.4. The first-order valence-corrected chi connectivity index (χ1v) is 7.95. The molecule has 1 atom stereocenters. The predicted molar refractivity (Wildman–Crippen MR) is 98.6 cm³/mol. The van der Waals surface area contributed by atoms with Crippen molar-refractivity contribution in [1.29, 1.82) is 0 Å². The predicted octanol–water partition coefficient (Wildman–Crippen LogP) is 5.03. The smallest absolute Gasteiger partial charge is 0.0485 e. The van der Waals surface area contributed by atoms with Crippen molar-refractivity contribution in [3.05, 3.63) is 95.6 Å². The van der Waals surface area contributed by atoms with E-state index in [1.165, 1.54) is 16.7 Å². The van der Waals surface area contributed by atoms with E-state index in [9.17, 15) is 0 Å². The average molecular weight is 302 g/mol. The SMILES string of the molecule is CC(Nc1ccc(Cc2ccc(N)cc2)cc1)c1ccccc1. The summed E-state index contributed by atoms with van der Waals surface area (Å²) in [6, 6.07) is 27.5. The van der Waals surface area contributed by atoms with Crippen LogP contribution in [0.25, 0.3) is 0 Å². The van der Waals surface area contributed by atoms with E-state index in [4.69, 9.17) is 5.73 Å². The summed E-state index contributed by atoms with van der Waals surface area (Å²) in [5.41, 5.74) is 11.5. The van der Waals surface area contributed by atoms with Crippen molar-refractivity contribution < 1.29 is 0 Å². The standard InChI is InChI=1S/C21H22N2/c1-16(19-5-3-2-4-6-19)23-21-13-9-18(10-14-21)15-17-7-11-20(22)12-8-17/h2-14,16,23H,15,22H2,1H3. The molecule has 0 fully saturated rings. The number of benzene rings is 3. The minimum atomic E-state index is 0.291. The maximum Gasteiger partial charge on any atom is 0.0485 e. The molecule has 3 aromatic carbocycles. The van der Waals surface area contributed by atoms with Crippen LogP contribution in [-0.2, 0) is 6.42 Å². The minimum absolute atomic E-state index is 0.291. The highest BCUT2D eigenvalue weighted by Crippen LogP contribution is 2.20. The van der Waals surface area contributed by atoms with Crippen LogP contribution in [0.3, 0.4) is 0 Å². The average Bonchev–Trinajstić information content (AvgIpc) is 2.59. The highest BCUT2D eigenvalue weighted by atomic mass is 14.9. The van der Waals surface area contributed by atoms with Crippen LogP contribution in [0.1, 0.15) is 29.7 Å². The molecule has 0 aromatic heterocycles. The summed E-state index contributed by atoms with van der Waals surface area (Å²) in [6.07, 6.45) is 0.925. The molecule has 0 radical (unpaired) electrons. The minimum Gasteiger partial charge on any atom is -0.399 e. The van der Waals surface area contributed by atoms with Crippen molar-refractivity contribution in [2.45, 2.75) is 19.4 Å². The molecule has 1 unspecified atom stereocenters. The second kappa shape index (κ2) is 7.01. The lowest BCUT2D eigenvalue weighted by Crippen LogP contribution is -2.06. The number of nitrogens with two attached hydrogens (primary N) is 1. The molecule has 3 N–H and O–H groups in total. The van der Waals surface area contributed by atoms with Gasteiger partial charge < -0.3 is 11.1 Å². The molecule has 0 saturated heterocycles. The van der Waals surface area contributed by atoms with Gasteiger partial charge in [0.25, 0.3) is 0 Å². The molecule has 0 aliphatic rings. The van der Waals surface area contributed by atoms with E-state index in [1.807, 2.05) is 18.2 Å². The molecule has 2 heteroatoms. The Kier molecular flexibility index (Phi) is 4.62. The van der Waals surface area contributed by atoms with Gasteiger partial charge in [-0.25, -0.2) is 0 Å². The highest BCUT2D eigenvalue weighted by Gasteiger charge is 2.04. The fraction of sp³-hybridized carbons (Fsp3) is 0.143. The number of rotatable bonds is 5. The molecular formula is C21H22N2. The quantitative estimate of drug-likeness (QED) is 0.648. The van der Waals surface area contributed by atoms with E-state index in [0.717, 1.165) is 17.8 Å². The van der Waals surface area contributed by atoms with Crippen molar-refractivity contribution in [3.8, 4) is 0 Å². The van der Waals surface area contributed by atoms with Crippen molar-refractivity contribution in [2.24, 2.45) is 0 Å². The van der Waals surface area contributed by atoms with Gasteiger partial charge in [0.05, 0.1) is 0 Å². The third-order valence-electron chi connectivity index (χ3n) is 4.02. The molecule has 0 aliphatic heterocycles. The lowest BCUT2D eigenvalue weighted by Gasteiger charge is -2.16. The molecule has 0 heterocycles. The Labute approximate surface area is 138 Å². The van der Waals surface area contributed by atoms with Crippen LogP contribution in [0.2, 0.25) is 0 Å². The van der Waals surface area contributed by atoms with Gasteiger partial charge in [-0.1, -0.05) is 54.6 Å². The summed E-state index contributed by atoms with van der Waals surface area (Å²) in [5, 5.41) is 3.54. The monoisotopic (exact) mass is 302 g/mol. The van der Waals surface area contributed by atoms with Crippen LogP contribution < -0.4 is 11.1 Å². The van der Waals surface area contributed by atoms with Crippen LogP contribution in [0.5, 0.6) is 0 Å². The van der Waals surface area contributed by atoms with Crippen LogP contribution in [0.4, 0.5) is 11.4 Å².